The molecule has 10 heavy (non-hydrogen) atoms. The van der Waals surface area contributed by atoms with Crippen molar-refractivity contribution in [2.24, 2.45) is 0 Å². The van der Waals surface area contributed by atoms with Crippen molar-refractivity contribution < 1.29 is 24.3 Å². The molecule has 0 amide bonds. The van der Waals surface area contributed by atoms with Crippen molar-refractivity contribution in [2.75, 3.05) is 0 Å². The Hall–Kier alpha value is -0.357. The molecule has 0 saturated heterocycles. The fraction of sp³-hybridized carbons (Fsp3) is 0. The minimum atomic E-state index is 0. The normalized spacial score (nSPS) is 7.20. The number of hydrogen-bond donors (Lipinski definition) is 0. The van der Waals surface area contributed by atoms with Gasteiger partial charge in [-0.2, -0.15) is 4.79 Å². The molecule has 0 heterocycles. The van der Waals surface area contributed by atoms with Crippen LogP contribution in [-0.2, 0) is 35.6 Å². The Morgan fingerprint density at radius 1 is 1.20 bits per heavy atom. The first-order chi connectivity index (χ1) is 4.43. The fourth-order valence-electron chi connectivity index (χ4n) is 0.537. The van der Waals surface area contributed by atoms with Crippen LogP contribution in [0.15, 0.2) is 35.2 Å². The minimum absolute atomic E-state index is 0. The van der Waals surface area contributed by atoms with Gasteiger partial charge in [-0.1, -0.05) is 18.2 Å². The molecule has 0 fully saturated rings. The SMILES string of the molecule is O=C=[S+]c1ccccc1.[Zn]. The standard InChI is InChI=1S/C7H5OS.Zn/c8-6-9-7-4-2-1-3-5-7;/h1-5H;/q+1;. The molecule has 0 aliphatic rings. The van der Waals surface area contributed by atoms with Gasteiger partial charge in [0.25, 0.3) is 0 Å². The maximum Gasteiger partial charge on any atom is 0.439 e. The van der Waals surface area contributed by atoms with Crippen LogP contribution in [0.25, 0.3) is 0 Å². The zero-order valence-electron chi connectivity index (χ0n) is 5.41. The summed E-state index contributed by atoms with van der Waals surface area (Å²) in [5, 5.41) is 1.75. The molecule has 1 nitrogen and oxygen atoms in total. The first-order valence-electron chi connectivity index (χ1n) is 2.52. The Kier molecular flexibility index (Phi) is 5.24. The molecule has 0 saturated carbocycles. The van der Waals surface area contributed by atoms with Gasteiger partial charge in [0.2, 0.25) is 4.90 Å². The van der Waals surface area contributed by atoms with Gasteiger partial charge in [-0.15, -0.1) is 0 Å². The number of carbonyl (C=O) groups excluding carboxylic acids is 1. The summed E-state index contributed by atoms with van der Waals surface area (Å²) in [5.74, 6) is 0. The van der Waals surface area contributed by atoms with E-state index in [2.05, 4.69) is 0 Å². The maximum atomic E-state index is 9.81. The smallest absolute Gasteiger partial charge is 0.166 e. The van der Waals surface area contributed by atoms with Crippen LogP contribution in [0.3, 0.4) is 0 Å². The zero-order valence-corrected chi connectivity index (χ0v) is 9.19. The second-order valence-electron chi connectivity index (χ2n) is 1.50. The van der Waals surface area contributed by atoms with Crippen LogP contribution in [0.5, 0.6) is 0 Å². The maximum absolute atomic E-state index is 9.81. The van der Waals surface area contributed by atoms with E-state index < -0.39 is 0 Å². The molecule has 46 valence electrons. The van der Waals surface area contributed by atoms with Crippen LogP contribution >= 0.6 is 0 Å². The average molecular weight is 203 g/mol. The Morgan fingerprint density at radius 3 is 2.30 bits per heavy atom. The van der Waals surface area contributed by atoms with E-state index >= 15 is 0 Å². The summed E-state index contributed by atoms with van der Waals surface area (Å²) in [6.45, 7) is 0. The Balaban J connectivity index is 0.000000810. The molecule has 0 aliphatic heterocycles. The van der Waals surface area contributed by atoms with Crippen LogP contribution in [0.1, 0.15) is 0 Å². The van der Waals surface area contributed by atoms with Crippen molar-refractivity contribution >= 4 is 16.6 Å². The van der Waals surface area contributed by atoms with E-state index in [4.69, 9.17) is 0 Å². The molecular formula is C7H5OSZn+. The van der Waals surface area contributed by atoms with E-state index in [1.54, 1.807) is 5.23 Å². The fourth-order valence-corrected chi connectivity index (χ4v) is 0.926. The zero-order chi connectivity index (χ0) is 6.53. The Bertz CT molecular complexity index is 229. The molecule has 1 rings (SSSR count). The van der Waals surface area contributed by atoms with Gasteiger partial charge in [0.05, 0.1) is 0 Å². The van der Waals surface area contributed by atoms with Crippen molar-refractivity contribution in [2.45, 2.75) is 4.90 Å². The number of rotatable bonds is 1. The van der Waals surface area contributed by atoms with Crippen molar-refractivity contribution in [3.05, 3.63) is 30.3 Å². The van der Waals surface area contributed by atoms with Crippen LogP contribution in [0.2, 0.25) is 0 Å². The molecule has 0 radical (unpaired) electrons. The molecule has 0 unspecified atom stereocenters. The molecule has 1 aromatic rings. The van der Waals surface area contributed by atoms with E-state index in [-0.39, 0.29) is 19.5 Å². The summed E-state index contributed by atoms with van der Waals surface area (Å²) in [5.41, 5.74) is 0. The summed E-state index contributed by atoms with van der Waals surface area (Å²) < 4.78 is 0. The summed E-state index contributed by atoms with van der Waals surface area (Å²) in [6.07, 6.45) is 0. The summed E-state index contributed by atoms with van der Waals surface area (Å²) >= 11 is 1.07. The predicted octanol–water partition coefficient (Wildman–Crippen LogP) is 1.19. The predicted molar refractivity (Wildman–Crippen MR) is 37.8 cm³/mol. The first-order valence-corrected chi connectivity index (χ1v) is 3.34. The van der Waals surface area contributed by atoms with E-state index in [9.17, 15) is 4.79 Å². The average Bonchev–Trinajstić information content (AvgIpc) is 1.91. The van der Waals surface area contributed by atoms with Gasteiger partial charge < -0.3 is 0 Å². The van der Waals surface area contributed by atoms with Crippen molar-refractivity contribution in [3.63, 3.8) is 0 Å². The van der Waals surface area contributed by atoms with Gasteiger partial charge in [-0.05, 0) is 0 Å². The second kappa shape index (κ2) is 5.43. The molecule has 1 aromatic carbocycles. The molecule has 0 bridgehead atoms. The third kappa shape index (κ3) is 2.98. The molecule has 0 atom stereocenters. The van der Waals surface area contributed by atoms with E-state index in [0.29, 0.717) is 0 Å². The Labute approximate surface area is 76.2 Å². The Morgan fingerprint density at radius 2 is 1.80 bits per heavy atom. The van der Waals surface area contributed by atoms with Crippen molar-refractivity contribution in [1.82, 2.24) is 0 Å². The largest absolute Gasteiger partial charge is 0.439 e. The summed E-state index contributed by atoms with van der Waals surface area (Å²) in [4.78, 5) is 10.7. The third-order valence-corrected chi connectivity index (χ3v) is 1.49. The number of hydrogen-bond acceptors (Lipinski definition) is 1. The van der Waals surface area contributed by atoms with E-state index in [1.165, 1.54) is 0 Å². The summed E-state index contributed by atoms with van der Waals surface area (Å²) in [6, 6.07) is 9.43. The molecule has 0 aliphatic carbocycles. The van der Waals surface area contributed by atoms with Crippen molar-refractivity contribution in [1.29, 1.82) is 0 Å². The third-order valence-electron chi connectivity index (χ3n) is 0.903. The van der Waals surface area contributed by atoms with Gasteiger partial charge in [0, 0.05) is 31.6 Å². The minimum Gasteiger partial charge on any atom is -0.166 e. The quantitative estimate of drug-likeness (QED) is 0.380. The molecular weight excluding hydrogens is 198 g/mol. The van der Waals surface area contributed by atoms with Gasteiger partial charge >= 0.3 is 16.6 Å². The van der Waals surface area contributed by atoms with Gasteiger partial charge in [0.15, 0.2) is 0 Å². The molecule has 0 N–H and O–H groups in total. The van der Waals surface area contributed by atoms with Crippen LogP contribution in [-0.4, -0.2) is 5.23 Å². The molecule has 3 heteroatoms. The van der Waals surface area contributed by atoms with Crippen molar-refractivity contribution in [3.8, 4) is 0 Å². The van der Waals surface area contributed by atoms with E-state index in [1.807, 2.05) is 30.3 Å². The molecule has 0 aromatic heterocycles. The topological polar surface area (TPSA) is 17.1 Å². The van der Waals surface area contributed by atoms with Crippen LogP contribution < -0.4 is 0 Å². The van der Waals surface area contributed by atoms with E-state index in [0.717, 1.165) is 16.2 Å². The van der Waals surface area contributed by atoms with Gasteiger partial charge in [-0.3, -0.25) is 0 Å². The molecule has 0 spiro atoms. The van der Waals surface area contributed by atoms with Gasteiger partial charge in [-0.25, -0.2) is 0 Å². The van der Waals surface area contributed by atoms with Gasteiger partial charge in [0.1, 0.15) is 0 Å². The summed E-state index contributed by atoms with van der Waals surface area (Å²) in [7, 11) is 0. The first kappa shape index (κ1) is 9.64. The van der Waals surface area contributed by atoms with Crippen LogP contribution in [0.4, 0.5) is 0 Å². The monoisotopic (exact) mass is 201 g/mol. The second-order valence-corrected chi connectivity index (χ2v) is 2.34. The van der Waals surface area contributed by atoms with Crippen LogP contribution in [0, 0.1) is 0 Å². The number of benzene rings is 1.